The fourth-order valence-corrected chi connectivity index (χ4v) is 4.13. The quantitative estimate of drug-likeness (QED) is 0.603. The predicted molar refractivity (Wildman–Crippen MR) is 110 cm³/mol. The first-order valence-corrected chi connectivity index (χ1v) is 10.2. The summed E-state index contributed by atoms with van der Waals surface area (Å²) < 4.78 is 42.9. The van der Waals surface area contributed by atoms with E-state index in [1.165, 1.54) is 4.90 Å². The maximum Gasteiger partial charge on any atom is 0.417 e. The van der Waals surface area contributed by atoms with E-state index in [1.54, 1.807) is 0 Å². The van der Waals surface area contributed by atoms with Crippen LogP contribution in [0.3, 0.4) is 0 Å². The summed E-state index contributed by atoms with van der Waals surface area (Å²) in [4.78, 5) is 22.3. The molecule has 1 aliphatic heterocycles. The largest absolute Gasteiger partial charge is 0.417 e. The normalized spacial score (nSPS) is 18.9. The molecule has 2 aromatic heterocycles. The van der Waals surface area contributed by atoms with Crippen LogP contribution in [0.4, 0.5) is 24.1 Å². The van der Waals surface area contributed by atoms with E-state index in [2.05, 4.69) is 19.7 Å². The number of hydrogen-bond donors (Lipinski definition) is 2. The van der Waals surface area contributed by atoms with Gasteiger partial charge < -0.3 is 10.0 Å². The van der Waals surface area contributed by atoms with Gasteiger partial charge in [-0.25, -0.2) is 4.98 Å². The number of nitrogens with zero attached hydrogens (tertiary/aromatic N) is 4. The molecule has 1 saturated heterocycles. The molecule has 1 aromatic carbocycles. The lowest BCUT2D eigenvalue weighted by Gasteiger charge is -2.25. The molecule has 2 atom stereocenters. The van der Waals surface area contributed by atoms with Crippen molar-refractivity contribution in [2.24, 2.45) is 0 Å². The zero-order chi connectivity index (χ0) is 22.2. The minimum Gasteiger partial charge on any atom is -0.391 e. The van der Waals surface area contributed by atoms with Gasteiger partial charge in [0.25, 0.3) is 0 Å². The zero-order valence-electron chi connectivity index (χ0n) is 15.7. The Balaban J connectivity index is 1.53. The van der Waals surface area contributed by atoms with Crippen LogP contribution in [0.15, 0.2) is 42.6 Å². The van der Waals surface area contributed by atoms with Crippen LogP contribution in [-0.2, 0) is 11.0 Å². The number of pyridine rings is 1. The molecule has 31 heavy (non-hydrogen) atoms. The monoisotopic (exact) mass is 469 g/mol. The smallest absolute Gasteiger partial charge is 0.391 e. The van der Waals surface area contributed by atoms with Gasteiger partial charge in [-0.2, -0.15) is 22.5 Å². The standard InChI is InChI=1S/C19H15ClF3N5O2S/c20-13-6-11(19(21,22)23)8-24-16(13)28-9-12(29)7-14(28)17(30)26-18-25-15(27-31-18)10-4-2-1-3-5-10/h1-6,8,12,14,29H,7,9H2,(H,25,26,27,30)/t12-,14-/m0/s1. The number of carbonyl (C=O) groups excluding carboxylic acids is 1. The minimum atomic E-state index is -4.59. The minimum absolute atomic E-state index is 0.00154. The highest BCUT2D eigenvalue weighted by Crippen LogP contribution is 2.36. The number of halogens is 4. The summed E-state index contributed by atoms with van der Waals surface area (Å²) in [5.74, 6) is -0.0460. The predicted octanol–water partition coefficient (Wildman–Crippen LogP) is 3.85. The molecular formula is C19H15ClF3N5O2S. The Morgan fingerprint density at radius 1 is 1.29 bits per heavy atom. The second-order valence-electron chi connectivity index (χ2n) is 6.86. The molecule has 2 N–H and O–H groups in total. The van der Waals surface area contributed by atoms with Crippen LogP contribution in [0.25, 0.3) is 11.4 Å². The third-order valence-electron chi connectivity index (χ3n) is 4.69. The number of rotatable bonds is 4. The van der Waals surface area contributed by atoms with Gasteiger partial charge in [-0.05, 0) is 6.07 Å². The first kappa shape index (κ1) is 21.5. The average molecular weight is 470 g/mol. The lowest BCUT2D eigenvalue weighted by atomic mass is 10.2. The molecule has 0 saturated carbocycles. The van der Waals surface area contributed by atoms with Crippen molar-refractivity contribution in [3.05, 3.63) is 53.2 Å². The molecule has 3 heterocycles. The summed E-state index contributed by atoms with van der Waals surface area (Å²) in [5, 5.41) is 12.7. The van der Waals surface area contributed by atoms with Crippen molar-refractivity contribution in [2.45, 2.75) is 24.7 Å². The number of aromatic nitrogens is 3. The van der Waals surface area contributed by atoms with Crippen LogP contribution in [-0.4, -0.2) is 44.0 Å². The second kappa shape index (κ2) is 8.40. The van der Waals surface area contributed by atoms with Gasteiger partial charge >= 0.3 is 6.18 Å². The fraction of sp³-hybridized carbons (Fsp3) is 0.263. The number of aliphatic hydroxyl groups is 1. The van der Waals surface area contributed by atoms with Crippen molar-refractivity contribution >= 4 is 40.0 Å². The van der Waals surface area contributed by atoms with E-state index in [0.717, 1.165) is 23.2 Å². The van der Waals surface area contributed by atoms with Crippen LogP contribution >= 0.6 is 23.1 Å². The molecule has 1 fully saturated rings. The summed E-state index contributed by atoms with van der Waals surface area (Å²) in [6.07, 6.45) is -4.75. The number of anilines is 2. The third kappa shape index (κ3) is 4.63. The Labute approximate surface area is 183 Å². The van der Waals surface area contributed by atoms with Crippen LogP contribution in [0, 0.1) is 0 Å². The number of benzene rings is 1. The first-order chi connectivity index (χ1) is 14.7. The van der Waals surface area contributed by atoms with Crippen LogP contribution in [0.1, 0.15) is 12.0 Å². The van der Waals surface area contributed by atoms with Gasteiger partial charge in [0.05, 0.1) is 16.7 Å². The molecule has 4 rings (SSSR count). The Hall–Kier alpha value is -2.76. The number of nitrogens with one attached hydrogen (secondary N) is 1. The summed E-state index contributed by atoms with van der Waals surface area (Å²) >= 11 is 7.02. The summed E-state index contributed by atoms with van der Waals surface area (Å²) in [5.41, 5.74) is -0.206. The molecule has 1 aliphatic rings. The molecule has 1 amide bonds. The second-order valence-corrected chi connectivity index (χ2v) is 8.02. The van der Waals surface area contributed by atoms with E-state index in [9.17, 15) is 23.1 Å². The van der Waals surface area contributed by atoms with Crippen molar-refractivity contribution in [1.29, 1.82) is 0 Å². The van der Waals surface area contributed by atoms with Crippen molar-refractivity contribution < 1.29 is 23.1 Å². The van der Waals surface area contributed by atoms with Gasteiger partial charge in [-0.3, -0.25) is 10.1 Å². The molecule has 3 aromatic rings. The molecule has 0 unspecified atom stereocenters. The van der Waals surface area contributed by atoms with Crippen molar-refractivity contribution in [3.63, 3.8) is 0 Å². The van der Waals surface area contributed by atoms with Crippen LogP contribution < -0.4 is 10.2 Å². The summed E-state index contributed by atoms with van der Waals surface area (Å²) in [7, 11) is 0. The lowest BCUT2D eigenvalue weighted by molar-refractivity contribution is -0.137. The highest BCUT2D eigenvalue weighted by atomic mass is 35.5. The average Bonchev–Trinajstić information content (AvgIpc) is 3.34. The van der Waals surface area contributed by atoms with E-state index in [4.69, 9.17) is 11.6 Å². The van der Waals surface area contributed by atoms with E-state index < -0.39 is 29.8 Å². The van der Waals surface area contributed by atoms with E-state index in [1.807, 2.05) is 30.3 Å². The number of β-amino-alcohol motifs (C(OH)–C–C–N with tert-alkyl or cyclic N) is 1. The number of carbonyl (C=O) groups is 1. The van der Waals surface area contributed by atoms with Gasteiger partial charge in [0.15, 0.2) is 5.82 Å². The molecule has 7 nitrogen and oxygen atoms in total. The van der Waals surface area contributed by atoms with Crippen molar-refractivity contribution in [3.8, 4) is 11.4 Å². The number of aliphatic hydroxyl groups excluding tert-OH is 1. The molecule has 0 spiro atoms. The van der Waals surface area contributed by atoms with E-state index in [0.29, 0.717) is 12.0 Å². The molecule has 0 radical (unpaired) electrons. The fourth-order valence-electron chi connectivity index (χ4n) is 3.26. The zero-order valence-corrected chi connectivity index (χ0v) is 17.2. The first-order valence-electron chi connectivity index (χ1n) is 9.10. The summed E-state index contributed by atoms with van der Waals surface area (Å²) in [6, 6.07) is 9.07. The van der Waals surface area contributed by atoms with Gasteiger partial charge in [0.2, 0.25) is 11.0 Å². The Kier molecular flexibility index (Phi) is 5.82. The van der Waals surface area contributed by atoms with Crippen molar-refractivity contribution in [1.82, 2.24) is 14.3 Å². The van der Waals surface area contributed by atoms with Crippen LogP contribution in [0.5, 0.6) is 0 Å². The maximum atomic E-state index is 12.9. The third-order valence-corrected chi connectivity index (χ3v) is 5.60. The van der Waals surface area contributed by atoms with Gasteiger partial charge in [0.1, 0.15) is 11.9 Å². The highest BCUT2D eigenvalue weighted by Gasteiger charge is 2.39. The highest BCUT2D eigenvalue weighted by molar-refractivity contribution is 7.10. The SMILES string of the molecule is O=C(Nc1nc(-c2ccccc2)ns1)[C@@H]1C[C@H](O)CN1c1ncc(C(F)(F)F)cc1Cl. The molecule has 162 valence electrons. The Bertz CT molecular complexity index is 1100. The van der Waals surface area contributed by atoms with E-state index >= 15 is 0 Å². The Morgan fingerprint density at radius 3 is 2.71 bits per heavy atom. The van der Waals surface area contributed by atoms with Gasteiger partial charge in [-0.1, -0.05) is 41.9 Å². The molecule has 0 aliphatic carbocycles. The molecular weight excluding hydrogens is 455 g/mol. The van der Waals surface area contributed by atoms with Crippen LogP contribution in [0.2, 0.25) is 5.02 Å². The van der Waals surface area contributed by atoms with Gasteiger partial charge in [-0.15, -0.1) is 0 Å². The topological polar surface area (TPSA) is 91.2 Å². The van der Waals surface area contributed by atoms with E-state index in [-0.39, 0.29) is 28.9 Å². The molecule has 0 bridgehead atoms. The Morgan fingerprint density at radius 2 is 2.03 bits per heavy atom. The lowest BCUT2D eigenvalue weighted by Crippen LogP contribution is -2.40. The molecule has 12 heteroatoms. The van der Waals surface area contributed by atoms with Gasteiger partial charge in [0, 0.05) is 36.3 Å². The number of hydrogen-bond acceptors (Lipinski definition) is 7. The number of amides is 1. The number of alkyl halides is 3. The van der Waals surface area contributed by atoms with Crippen molar-refractivity contribution in [2.75, 3.05) is 16.8 Å². The summed E-state index contributed by atoms with van der Waals surface area (Å²) in [6.45, 7) is 0.00154. The maximum absolute atomic E-state index is 12.9.